The van der Waals surface area contributed by atoms with Crippen LogP contribution in [0.25, 0.3) is 0 Å². The molecule has 0 radical (unpaired) electrons. The molecule has 0 spiro atoms. The molecule has 0 fully saturated rings. The number of ketones is 2. The normalized spacial score (nSPS) is 15.0. The molecule has 0 bridgehead atoms. The van der Waals surface area contributed by atoms with Crippen LogP contribution < -0.4 is 0 Å². The summed E-state index contributed by atoms with van der Waals surface area (Å²) in [6.07, 6.45) is 4.69. The molecule has 0 aliphatic rings. The monoisotopic (exact) mass is 318 g/mol. The summed E-state index contributed by atoms with van der Waals surface area (Å²) in [6, 6.07) is 0. The molecule has 0 saturated carbocycles. The molecule has 0 aromatic rings. The first-order chi connectivity index (χ1) is 10.6. The summed E-state index contributed by atoms with van der Waals surface area (Å²) >= 11 is 0. The number of Topliss-reactive ketones (excluding diaryl/α,β-unsaturated/α-hetero) is 2. The molecule has 0 aromatic carbocycles. The average molecular weight is 318 g/mol. The van der Waals surface area contributed by atoms with Gasteiger partial charge in [-0.05, 0) is 66.5 Å². The predicted octanol–water partition coefficient (Wildman–Crippen LogP) is 4.01. The molecule has 0 aliphatic carbocycles. The Labute approximate surface area is 140 Å². The number of hydrogen-bond donors (Lipinski definition) is 0. The van der Waals surface area contributed by atoms with Crippen LogP contribution in [0.15, 0.2) is 33.3 Å². The van der Waals surface area contributed by atoms with Crippen LogP contribution in [0.4, 0.5) is 0 Å². The standard InChI is InChI=1S/C19H30N2O2/c1-13(9-15(3)20-7)11-19(17(5)22,18(6)23)12-14(2)10-16(4)21-8/h9-10H,11-12H2,1-8H3/b13-9+,14-10+,20-15?,21-16?. The van der Waals surface area contributed by atoms with E-state index >= 15 is 0 Å². The van der Waals surface area contributed by atoms with E-state index in [4.69, 9.17) is 0 Å². The highest BCUT2D eigenvalue weighted by Gasteiger charge is 2.40. The third kappa shape index (κ3) is 6.43. The summed E-state index contributed by atoms with van der Waals surface area (Å²) in [4.78, 5) is 32.9. The van der Waals surface area contributed by atoms with Crippen molar-refractivity contribution in [3.05, 3.63) is 23.3 Å². The van der Waals surface area contributed by atoms with E-state index in [1.54, 1.807) is 14.1 Å². The van der Waals surface area contributed by atoms with E-state index in [0.717, 1.165) is 22.6 Å². The maximum Gasteiger partial charge on any atom is 0.143 e. The second kappa shape index (κ2) is 9.33. The lowest BCUT2D eigenvalue weighted by molar-refractivity contribution is -0.138. The van der Waals surface area contributed by atoms with Gasteiger partial charge in [0.05, 0.1) is 5.41 Å². The fourth-order valence-electron chi connectivity index (χ4n) is 2.70. The van der Waals surface area contributed by atoms with Crippen LogP contribution in [0.5, 0.6) is 0 Å². The fraction of sp³-hybridized carbons (Fsp3) is 0.579. The summed E-state index contributed by atoms with van der Waals surface area (Å²) in [5, 5.41) is 0. The minimum atomic E-state index is -1.01. The Hall–Kier alpha value is -1.84. The van der Waals surface area contributed by atoms with Crippen LogP contribution in [0, 0.1) is 5.41 Å². The zero-order valence-electron chi connectivity index (χ0n) is 15.8. The number of carbonyl (C=O) groups is 2. The molecule has 128 valence electrons. The first-order valence-electron chi connectivity index (χ1n) is 7.82. The number of carbonyl (C=O) groups excluding carboxylic acids is 2. The van der Waals surface area contributed by atoms with E-state index in [9.17, 15) is 9.59 Å². The Bertz CT molecular complexity index is 526. The van der Waals surface area contributed by atoms with Crippen molar-refractivity contribution in [2.45, 2.75) is 54.4 Å². The van der Waals surface area contributed by atoms with Crippen LogP contribution in [-0.2, 0) is 9.59 Å². The molecule has 0 rings (SSSR count). The van der Waals surface area contributed by atoms with Gasteiger partial charge in [0.15, 0.2) is 0 Å². The molecule has 0 saturated heterocycles. The zero-order valence-corrected chi connectivity index (χ0v) is 15.8. The molecule has 4 heteroatoms. The van der Waals surface area contributed by atoms with Gasteiger partial charge in [-0.1, -0.05) is 11.1 Å². The van der Waals surface area contributed by atoms with Gasteiger partial charge in [0.25, 0.3) is 0 Å². The van der Waals surface area contributed by atoms with Gasteiger partial charge in [0.1, 0.15) is 11.6 Å². The van der Waals surface area contributed by atoms with Gasteiger partial charge >= 0.3 is 0 Å². The molecule has 4 nitrogen and oxygen atoms in total. The fourth-order valence-corrected chi connectivity index (χ4v) is 2.70. The largest absolute Gasteiger partial charge is 0.299 e. The van der Waals surface area contributed by atoms with Crippen LogP contribution in [0.1, 0.15) is 54.4 Å². The Morgan fingerprint density at radius 2 is 1.04 bits per heavy atom. The minimum absolute atomic E-state index is 0.0947. The molecule has 0 amide bonds. The maximum absolute atomic E-state index is 12.4. The maximum atomic E-state index is 12.4. The quantitative estimate of drug-likeness (QED) is 0.501. The molecule has 0 heterocycles. The third-order valence-electron chi connectivity index (χ3n) is 4.13. The number of nitrogens with zero attached hydrogens (tertiary/aromatic N) is 2. The van der Waals surface area contributed by atoms with Gasteiger partial charge in [0, 0.05) is 25.5 Å². The zero-order chi connectivity index (χ0) is 18.2. The van der Waals surface area contributed by atoms with Gasteiger partial charge < -0.3 is 0 Å². The van der Waals surface area contributed by atoms with Crippen molar-refractivity contribution >= 4 is 23.0 Å². The summed E-state index contributed by atoms with van der Waals surface area (Å²) in [5.41, 5.74) is 2.71. The second-order valence-corrected chi connectivity index (χ2v) is 6.26. The van der Waals surface area contributed by atoms with Crippen molar-refractivity contribution in [2.24, 2.45) is 15.4 Å². The first kappa shape index (κ1) is 21.2. The van der Waals surface area contributed by atoms with E-state index in [1.807, 2.05) is 39.8 Å². The van der Waals surface area contributed by atoms with Crippen LogP contribution in [-0.4, -0.2) is 37.1 Å². The SMILES string of the molecule is CN=C(C)/C=C(\C)CC(C/C(C)=C/C(C)=NC)(C(C)=O)C(C)=O. The molecule has 0 aromatic heterocycles. The topological polar surface area (TPSA) is 58.9 Å². The molecule has 0 N–H and O–H groups in total. The molecular formula is C19H30N2O2. The van der Waals surface area contributed by atoms with Gasteiger partial charge in [-0.25, -0.2) is 0 Å². The minimum Gasteiger partial charge on any atom is -0.299 e. The van der Waals surface area contributed by atoms with Crippen LogP contribution in [0.3, 0.4) is 0 Å². The summed E-state index contributed by atoms with van der Waals surface area (Å²) < 4.78 is 0. The van der Waals surface area contributed by atoms with E-state index in [2.05, 4.69) is 9.98 Å². The van der Waals surface area contributed by atoms with E-state index in [-0.39, 0.29) is 11.6 Å². The number of aliphatic imine (C=N–C) groups is 2. The lowest BCUT2D eigenvalue weighted by Gasteiger charge is -2.29. The highest BCUT2D eigenvalue weighted by molar-refractivity contribution is 6.06. The van der Waals surface area contributed by atoms with Crippen molar-refractivity contribution in [3.8, 4) is 0 Å². The summed E-state index contributed by atoms with van der Waals surface area (Å²) in [6.45, 7) is 10.7. The Morgan fingerprint density at radius 1 is 0.739 bits per heavy atom. The number of hydrogen-bond acceptors (Lipinski definition) is 4. The lowest BCUT2D eigenvalue weighted by atomic mass is 9.71. The van der Waals surface area contributed by atoms with Crippen LogP contribution >= 0.6 is 0 Å². The molecular weight excluding hydrogens is 288 g/mol. The summed E-state index contributed by atoms with van der Waals surface area (Å²) in [7, 11) is 3.45. The van der Waals surface area contributed by atoms with E-state index in [0.29, 0.717) is 12.8 Å². The van der Waals surface area contributed by atoms with Gasteiger partial charge in [-0.2, -0.15) is 0 Å². The van der Waals surface area contributed by atoms with Crippen molar-refractivity contribution in [1.29, 1.82) is 0 Å². The molecule has 0 unspecified atom stereocenters. The van der Waals surface area contributed by atoms with E-state index < -0.39 is 5.41 Å². The molecule has 0 atom stereocenters. The number of allylic oxidation sites excluding steroid dienone is 4. The highest BCUT2D eigenvalue weighted by atomic mass is 16.2. The first-order valence-corrected chi connectivity index (χ1v) is 7.82. The molecule has 23 heavy (non-hydrogen) atoms. The van der Waals surface area contributed by atoms with Gasteiger partial charge in [-0.3, -0.25) is 19.6 Å². The third-order valence-corrected chi connectivity index (χ3v) is 4.13. The van der Waals surface area contributed by atoms with Gasteiger partial charge in [-0.15, -0.1) is 0 Å². The smallest absolute Gasteiger partial charge is 0.143 e. The number of rotatable bonds is 8. The van der Waals surface area contributed by atoms with Crippen molar-refractivity contribution < 1.29 is 9.59 Å². The predicted molar refractivity (Wildman–Crippen MR) is 98.6 cm³/mol. The average Bonchev–Trinajstić information content (AvgIpc) is 2.45. The van der Waals surface area contributed by atoms with E-state index in [1.165, 1.54) is 13.8 Å². The Kier molecular flexibility index (Phi) is 8.59. The Morgan fingerprint density at radius 3 is 1.26 bits per heavy atom. The second-order valence-electron chi connectivity index (χ2n) is 6.26. The van der Waals surface area contributed by atoms with Gasteiger partial charge in [0.2, 0.25) is 0 Å². The molecule has 0 aliphatic heterocycles. The van der Waals surface area contributed by atoms with Crippen molar-refractivity contribution in [1.82, 2.24) is 0 Å². The van der Waals surface area contributed by atoms with Crippen LogP contribution in [0.2, 0.25) is 0 Å². The summed E-state index contributed by atoms with van der Waals surface area (Å²) in [5.74, 6) is -0.189. The Balaban J connectivity index is 5.78. The van der Waals surface area contributed by atoms with Crippen molar-refractivity contribution in [2.75, 3.05) is 14.1 Å². The van der Waals surface area contributed by atoms with Crippen molar-refractivity contribution in [3.63, 3.8) is 0 Å². The highest BCUT2D eigenvalue weighted by Crippen LogP contribution is 2.35. The lowest BCUT2D eigenvalue weighted by Crippen LogP contribution is -2.37.